The van der Waals surface area contributed by atoms with E-state index in [0.29, 0.717) is 29.9 Å². The van der Waals surface area contributed by atoms with E-state index in [0.717, 1.165) is 62.3 Å². The van der Waals surface area contributed by atoms with Gasteiger partial charge in [0.15, 0.2) is 11.7 Å². The molecule has 1 aromatic heterocycles. The lowest BCUT2D eigenvalue weighted by atomic mass is 9.97. The van der Waals surface area contributed by atoms with Crippen LogP contribution in [0.3, 0.4) is 0 Å². The minimum atomic E-state index is -4.38. The minimum Gasteiger partial charge on any atom is -0.383 e. The second kappa shape index (κ2) is 12.8. The van der Waals surface area contributed by atoms with Gasteiger partial charge in [-0.1, -0.05) is 0 Å². The number of guanidine groups is 1. The largest absolute Gasteiger partial charge is 0.434 e. The van der Waals surface area contributed by atoms with Crippen molar-refractivity contribution in [3.05, 3.63) is 16.1 Å². The molecule has 2 N–H and O–H groups in total. The fourth-order valence-corrected chi connectivity index (χ4v) is 3.74. The van der Waals surface area contributed by atoms with Crippen LogP contribution < -0.4 is 10.6 Å². The third-order valence-electron chi connectivity index (χ3n) is 4.57. The second-order valence-electron chi connectivity index (χ2n) is 6.53. The van der Waals surface area contributed by atoms with Gasteiger partial charge in [0, 0.05) is 45.6 Å². The highest BCUT2D eigenvalue weighted by atomic mass is 127. The molecule has 1 fully saturated rings. The zero-order chi connectivity index (χ0) is 19.7. The fourth-order valence-electron chi connectivity index (χ4n) is 2.94. The fraction of sp³-hybridized carbons (Fsp3) is 0.765. The molecule has 162 valence electrons. The molecule has 6 nitrogen and oxygen atoms in total. The standard InChI is InChI=1S/C17H28F3N5OS.HI/c1-21-16(22-6-3-15-24-14(12-27-15)17(18,19)20)23-11-13-4-7-25(8-5-13)9-10-26-2;/h12-13H,3-11H2,1-2H3,(H2,21,22,23);1H. The van der Waals surface area contributed by atoms with Gasteiger partial charge in [0.25, 0.3) is 0 Å². The van der Waals surface area contributed by atoms with Crippen LogP contribution in [0.15, 0.2) is 10.4 Å². The summed E-state index contributed by atoms with van der Waals surface area (Å²) in [6.07, 6.45) is -1.68. The highest BCUT2D eigenvalue weighted by molar-refractivity contribution is 14.0. The monoisotopic (exact) mass is 535 g/mol. The maximum atomic E-state index is 12.6. The van der Waals surface area contributed by atoms with Gasteiger partial charge in [-0.25, -0.2) is 4.98 Å². The van der Waals surface area contributed by atoms with Gasteiger partial charge in [0.1, 0.15) is 0 Å². The Bertz CT molecular complexity index is 592. The highest BCUT2D eigenvalue weighted by Crippen LogP contribution is 2.30. The van der Waals surface area contributed by atoms with Gasteiger partial charge in [-0.15, -0.1) is 35.3 Å². The Labute approximate surface area is 185 Å². The highest BCUT2D eigenvalue weighted by Gasteiger charge is 2.33. The number of nitrogens with zero attached hydrogens (tertiary/aromatic N) is 3. The number of piperidine rings is 1. The summed E-state index contributed by atoms with van der Waals surface area (Å²) in [6.45, 7) is 5.23. The number of hydrogen-bond donors (Lipinski definition) is 2. The molecule has 0 aliphatic carbocycles. The van der Waals surface area contributed by atoms with Crippen LogP contribution >= 0.6 is 35.3 Å². The molecule has 0 radical (unpaired) electrons. The number of nitrogens with one attached hydrogen (secondary N) is 2. The minimum absolute atomic E-state index is 0. The van der Waals surface area contributed by atoms with Crippen LogP contribution in [0.1, 0.15) is 23.5 Å². The van der Waals surface area contributed by atoms with E-state index < -0.39 is 11.9 Å². The summed E-state index contributed by atoms with van der Waals surface area (Å²) in [5.74, 6) is 1.26. The van der Waals surface area contributed by atoms with E-state index in [1.807, 2.05) is 0 Å². The summed E-state index contributed by atoms with van der Waals surface area (Å²) in [4.78, 5) is 10.2. The van der Waals surface area contributed by atoms with Crippen molar-refractivity contribution in [2.75, 3.05) is 53.5 Å². The number of methoxy groups -OCH3 is 1. The summed E-state index contributed by atoms with van der Waals surface area (Å²) in [5.41, 5.74) is -0.818. The van der Waals surface area contributed by atoms with Crippen LogP contribution in [0.2, 0.25) is 0 Å². The average molecular weight is 535 g/mol. The number of aromatic nitrogens is 1. The van der Waals surface area contributed by atoms with Crippen molar-refractivity contribution >= 4 is 41.3 Å². The van der Waals surface area contributed by atoms with E-state index >= 15 is 0 Å². The SMILES string of the molecule is CN=C(NCCc1nc(C(F)(F)F)cs1)NCC1CCN(CCOC)CC1.I. The molecule has 0 amide bonds. The van der Waals surface area contributed by atoms with E-state index in [1.165, 1.54) is 0 Å². The molecule has 0 atom stereocenters. The van der Waals surface area contributed by atoms with Crippen LogP contribution in [-0.4, -0.2) is 69.3 Å². The molecule has 2 rings (SSSR count). The van der Waals surface area contributed by atoms with Gasteiger partial charge < -0.3 is 20.3 Å². The summed E-state index contributed by atoms with van der Waals surface area (Å²) in [6, 6.07) is 0. The maximum Gasteiger partial charge on any atom is 0.434 e. The van der Waals surface area contributed by atoms with Gasteiger partial charge in [0.2, 0.25) is 0 Å². The van der Waals surface area contributed by atoms with E-state index in [2.05, 4.69) is 25.5 Å². The van der Waals surface area contributed by atoms with Crippen LogP contribution in [-0.2, 0) is 17.3 Å². The molecule has 1 saturated heterocycles. The normalized spacial score (nSPS) is 16.7. The predicted molar refractivity (Wildman–Crippen MR) is 117 cm³/mol. The predicted octanol–water partition coefficient (Wildman–Crippen LogP) is 2.85. The number of rotatable bonds is 8. The summed E-state index contributed by atoms with van der Waals surface area (Å²) in [7, 11) is 3.41. The number of hydrogen-bond acceptors (Lipinski definition) is 5. The lowest BCUT2D eigenvalue weighted by Gasteiger charge is -2.32. The van der Waals surface area contributed by atoms with E-state index in [4.69, 9.17) is 4.74 Å². The summed E-state index contributed by atoms with van der Waals surface area (Å²) < 4.78 is 42.8. The number of aliphatic imine (C=N–C) groups is 1. The Hall–Kier alpha value is -0.660. The molecular weight excluding hydrogens is 506 g/mol. The Morgan fingerprint density at radius 3 is 2.64 bits per heavy atom. The summed E-state index contributed by atoms with van der Waals surface area (Å²) in [5, 5.41) is 7.97. The molecule has 1 aliphatic heterocycles. The summed E-state index contributed by atoms with van der Waals surface area (Å²) >= 11 is 1.03. The Balaban J connectivity index is 0.00000392. The van der Waals surface area contributed by atoms with E-state index in [-0.39, 0.29) is 24.0 Å². The van der Waals surface area contributed by atoms with E-state index in [1.54, 1.807) is 14.2 Å². The van der Waals surface area contributed by atoms with Crippen molar-refractivity contribution in [1.82, 2.24) is 20.5 Å². The van der Waals surface area contributed by atoms with Gasteiger partial charge in [-0.2, -0.15) is 13.2 Å². The first-order valence-corrected chi connectivity index (χ1v) is 9.97. The number of alkyl halides is 3. The molecule has 0 bridgehead atoms. The lowest BCUT2D eigenvalue weighted by molar-refractivity contribution is -0.140. The van der Waals surface area contributed by atoms with Crippen molar-refractivity contribution in [1.29, 1.82) is 0 Å². The van der Waals surface area contributed by atoms with Crippen LogP contribution in [0.4, 0.5) is 13.2 Å². The molecule has 28 heavy (non-hydrogen) atoms. The number of likely N-dealkylation sites (tertiary alicyclic amines) is 1. The Kier molecular flexibility index (Phi) is 11.6. The van der Waals surface area contributed by atoms with Gasteiger partial charge >= 0.3 is 6.18 Å². The van der Waals surface area contributed by atoms with Crippen molar-refractivity contribution in [2.45, 2.75) is 25.4 Å². The zero-order valence-corrected chi connectivity index (χ0v) is 19.4. The van der Waals surface area contributed by atoms with Crippen molar-refractivity contribution in [3.63, 3.8) is 0 Å². The van der Waals surface area contributed by atoms with Gasteiger partial charge in [-0.3, -0.25) is 4.99 Å². The second-order valence-corrected chi connectivity index (χ2v) is 7.47. The number of thiazole rings is 1. The first-order chi connectivity index (χ1) is 12.9. The molecule has 0 unspecified atom stereocenters. The molecule has 0 aromatic carbocycles. The van der Waals surface area contributed by atoms with Crippen LogP contribution in [0, 0.1) is 5.92 Å². The third-order valence-corrected chi connectivity index (χ3v) is 5.48. The molecule has 0 spiro atoms. The van der Waals surface area contributed by atoms with Crippen molar-refractivity contribution in [2.24, 2.45) is 10.9 Å². The van der Waals surface area contributed by atoms with Crippen molar-refractivity contribution in [3.8, 4) is 0 Å². The average Bonchev–Trinajstić information content (AvgIpc) is 3.13. The number of ether oxygens (including phenoxy) is 1. The molecule has 1 aromatic rings. The molecule has 2 heterocycles. The smallest absolute Gasteiger partial charge is 0.383 e. The quantitative estimate of drug-likeness (QED) is 0.305. The number of halogens is 4. The molecule has 1 aliphatic rings. The van der Waals surface area contributed by atoms with Gasteiger partial charge in [0.05, 0.1) is 11.6 Å². The zero-order valence-electron chi connectivity index (χ0n) is 16.2. The lowest BCUT2D eigenvalue weighted by Crippen LogP contribution is -2.43. The van der Waals surface area contributed by atoms with Crippen LogP contribution in [0.5, 0.6) is 0 Å². The van der Waals surface area contributed by atoms with Crippen molar-refractivity contribution < 1.29 is 17.9 Å². The third kappa shape index (κ3) is 8.78. The molecule has 11 heteroatoms. The van der Waals surface area contributed by atoms with Gasteiger partial charge in [-0.05, 0) is 31.8 Å². The Morgan fingerprint density at radius 1 is 1.36 bits per heavy atom. The first-order valence-electron chi connectivity index (χ1n) is 9.09. The topological polar surface area (TPSA) is 61.8 Å². The Morgan fingerprint density at radius 2 is 2.07 bits per heavy atom. The molecular formula is C17H29F3IN5OS. The first kappa shape index (κ1) is 25.4. The van der Waals surface area contributed by atoms with Crippen LogP contribution in [0.25, 0.3) is 0 Å². The maximum absolute atomic E-state index is 12.6. The van der Waals surface area contributed by atoms with E-state index in [9.17, 15) is 13.2 Å². The molecule has 0 saturated carbocycles.